The van der Waals surface area contributed by atoms with Crippen LogP contribution < -0.4 is 4.90 Å². The molecule has 0 aromatic heterocycles. The first-order valence-corrected chi connectivity index (χ1v) is 8.98. The van der Waals surface area contributed by atoms with E-state index < -0.39 is 0 Å². The summed E-state index contributed by atoms with van der Waals surface area (Å²) in [5.41, 5.74) is 4.16. The monoisotopic (exact) mass is 324 g/mol. The van der Waals surface area contributed by atoms with Crippen molar-refractivity contribution in [3.63, 3.8) is 0 Å². The Hall–Kier alpha value is -0.770. The zero-order chi connectivity index (χ0) is 15.8. The molecule has 0 bridgehead atoms. The number of ether oxygens (including phenoxy) is 1. The predicted molar refractivity (Wildman–Crippen MR) is 95.4 cm³/mol. The highest BCUT2D eigenvalue weighted by Crippen LogP contribution is 2.20. The van der Waals surface area contributed by atoms with Crippen molar-refractivity contribution in [1.82, 2.24) is 4.90 Å². The lowest BCUT2D eigenvalue weighted by Crippen LogP contribution is -2.36. The van der Waals surface area contributed by atoms with Gasteiger partial charge in [0.25, 0.3) is 0 Å². The van der Waals surface area contributed by atoms with Gasteiger partial charge in [-0.05, 0) is 56.5 Å². The zero-order valence-corrected chi connectivity index (χ0v) is 14.7. The van der Waals surface area contributed by atoms with Crippen molar-refractivity contribution >= 4 is 17.3 Å². The Morgan fingerprint density at radius 3 is 2.68 bits per heavy atom. The fraction of sp³-hybridized carbons (Fsp3) is 0.667. The number of benzene rings is 1. The van der Waals surface area contributed by atoms with Crippen molar-refractivity contribution in [2.24, 2.45) is 0 Å². The first-order valence-electron chi connectivity index (χ1n) is 8.45. The average molecular weight is 325 g/mol. The number of morpholine rings is 1. The molecule has 3 nitrogen and oxygen atoms in total. The van der Waals surface area contributed by atoms with Crippen LogP contribution in [0.3, 0.4) is 0 Å². The highest BCUT2D eigenvalue weighted by Gasteiger charge is 2.10. The summed E-state index contributed by atoms with van der Waals surface area (Å²) in [6.45, 7) is 11.4. The van der Waals surface area contributed by atoms with Crippen LogP contribution in [0.5, 0.6) is 0 Å². The van der Waals surface area contributed by atoms with Crippen LogP contribution in [0, 0.1) is 6.92 Å². The second kappa shape index (κ2) is 9.39. The normalized spacial score (nSPS) is 16.0. The van der Waals surface area contributed by atoms with Gasteiger partial charge in [0, 0.05) is 37.7 Å². The van der Waals surface area contributed by atoms with E-state index in [2.05, 4.69) is 41.8 Å². The number of hydrogen-bond donors (Lipinski definition) is 0. The third kappa shape index (κ3) is 5.15. The maximum atomic E-state index is 5.88. The summed E-state index contributed by atoms with van der Waals surface area (Å²) in [6.07, 6.45) is 2.38. The maximum absolute atomic E-state index is 5.88. The lowest BCUT2D eigenvalue weighted by molar-refractivity contribution is 0.0374. The van der Waals surface area contributed by atoms with E-state index in [0.717, 1.165) is 45.8 Å². The molecule has 1 heterocycles. The summed E-state index contributed by atoms with van der Waals surface area (Å²) in [5.74, 6) is 0.675. The molecule has 1 aromatic carbocycles. The van der Waals surface area contributed by atoms with Gasteiger partial charge in [0.1, 0.15) is 0 Å². The zero-order valence-electron chi connectivity index (χ0n) is 14.0. The van der Waals surface area contributed by atoms with Crippen molar-refractivity contribution in [3.05, 3.63) is 29.3 Å². The largest absolute Gasteiger partial charge is 0.379 e. The molecule has 2 rings (SSSR count). The number of aryl methyl sites for hydroxylation is 2. The standard InChI is InChI=1S/C18H29ClN2O/c1-3-21(10-8-19)18-7-6-17(16(2)15-18)5-4-9-20-11-13-22-14-12-20/h6-7,15H,3-5,8-14H2,1-2H3. The lowest BCUT2D eigenvalue weighted by atomic mass is 10.0. The molecule has 22 heavy (non-hydrogen) atoms. The van der Waals surface area contributed by atoms with Crippen molar-refractivity contribution in [1.29, 1.82) is 0 Å². The summed E-state index contributed by atoms with van der Waals surface area (Å²) in [4.78, 5) is 4.84. The van der Waals surface area contributed by atoms with Crippen LogP contribution in [0.2, 0.25) is 0 Å². The Morgan fingerprint density at radius 1 is 1.27 bits per heavy atom. The number of alkyl halides is 1. The van der Waals surface area contributed by atoms with Crippen molar-refractivity contribution in [2.75, 3.05) is 56.7 Å². The van der Waals surface area contributed by atoms with E-state index in [1.165, 1.54) is 29.8 Å². The van der Waals surface area contributed by atoms with E-state index in [9.17, 15) is 0 Å². The summed E-state index contributed by atoms with van der Waals surface area (Å²) in [6, 6.07) is 6.84. The minimum atomic E-state index is 0.675. The molecule has 1 aromatic rings. The molecule has 0 radical (unpaired) electrons. The van der Waals surface area contributed by atoms with Crippen LogP contribution in [0.25, 0.3) is 0 Å². The molecule has 1 aliphatic rings. The minimum Gasteiger partial charge on any atom is -0.379 e. The van der Waals surface area contributed by atoms with E-state index in [-0.39, 0.29) is 0 Å². The van der Waals surface area contributed by atoms with Gasteiger partial charge in [-0.1, -0.05) is 6.07 Å². The Balaban J connectivity index is 1.86. The van der Waals surface area contributed by atoms with Gasteiger partial charge in [-0.2, -0.15) is 0 Å². The molecule has 0 spiro atoms. The van der Waals surface area contributed by atoms with Crippen LogP contribution >= 0.6 is 11.6 Å². The second-order valence-corrected chi connectivity index (χ2v) is 6.31. The van der Waals surface area contributed by atoms with Gasteiger partial charge in [-0.15, -0.1) is 11.6 Å². The molecule has 0 saturated carbocycles. The van der Waals surface area contributed by atoms with Crippen LogP contribution in [-0.4, -0.2) is 56.7 Å². The van der Waals surface area contributed by atoms with Crippen LogP contribution in [0.4, 0.5) is 5.69 Å². The van der Waals surface area contributed by atoms with Gasteiger partial charge in [0.2, 0.25) is 0 Å². The van der Waals surface area contributed by atoms with E-state index in [0.29, 0.717) is 5.88 Å². The van der Waals surface area contributed by atoms with Crippen molar-refractivity contribution < 1.29 is 4.74 Å². The average Bonchev–Trinajstić information content (AvgIpc) is 2.55. The fourth-order valence-corrected chi connectivity index (χ4v) is 3.25. The molecular formula is C18H29ClN2O. The summed E-state index contributed by atoms with van der Waals surface area (Å²) in [7, 11) is 0. The highest BCUT2D eigenvalue weighted by molar-refractivity contribution is 6.18. The fourth-order valence-electron chi connectivity index (χ4n) is 3.05. The van der Waals surface area contributed by atoms with Gasteiger partial charge in [-0.25, -0.2) is 0 Å². The summed E-state index contributed by atoms with van der Waals surface area (Å²) in [5, 5.41) is 0. The number of rotatable bonds is 8. The summed E-state index contributed by atoms with van der Waals surface area (Å²) < 4.78 is 5.39. The SMILES string of the molecule is CCN(CCCl)c1ccc(CCCN2CCOCC2)c(C)c1. The third-order valence-electron chi connectivity index (χ3n) is 4.45. The Kier molecular flexibility index (Phi) is 7.50. The third-order valence-corrected chi connectivity index (χ3v) is 4.62. The molecule has 1 aliphatic heterocycles. The van der Waals surface area contributed by atoms with Gasteiger partial charge < -0.3 is 9.64 Å². The molecule has 0 unspecified atom stereocenters. The maximum Gasteiger partial charge on any atom is 0.0594 e. The van der Waals surface area contributed by atoms with Gasteiger partial charge in [0.15, 0.2) is 0 Å². The van der Waals surface area contributed by atoms with Crippen LogP contribution in [-0.2, 0) is 11.2 Å². The Morgan fingerprint density at radius 2 is 2.05 bits per heavy atom. The molecule has 1 fully saturated rings. The summed E-state index contributed by atoms with van der Waals surface area (Å²) >= 11 is 5.88. The van der Waals surface area contributed by atoms with Crippen molar-refractivity contribution in [2.45, 2.75) is 26.7 Å². The topological polar surface area (TPSA) is 15.7 Å². The Labute approximate surface area is 140 Å². The molecule has 0 N–H and O–H groups in total. The highest BCUT2D eigenvalue weighted by atomic mass is 35.5. The molecule has 124 valence electrons. The van der Waals surface area contributed by atoms with Crippen molar-refractivity contribution in [3.8, 4) is 0 Å². The molecule has 0 atom stereocenters. The predicted octanol–water partition coefficient (Wildman–Crippen LogP) is 3.32. The van der Waals surface area contributed by atoms with E-state index in [4.69, 9.17) is 16.3 Å². The van der Waals surface area contributed by atoms with E-state index in [1.54, 1.807) is 0 Å². The first kappa shape index (κ1) is 17.6. The lowest BCUT2D eigenvalue weighted by Gasteiger charge is -2.26. The molecular weight excluding hydrogens is 296 g/mol. The van der Waals surface area contributed by atoms with Gasteiger partial charge in [-0.3, -0.25) is 4.90 Å². The molecule has 1 saturated heterocycles. The first-order chi connectivity index (χ1) is 10.7. The number of anilines is 1. The van der Waals surface area contributed by atoms with E-state index in [1.807, 2.05) is 0 Å². The Bertz CT molecular complexity index is 447. The van der Waals surface area contributed by atoms with Gasteiger partial charge in [0.05, 0.1) is 13.2 Å². The second-order valence-electron chi connectivity index (χ2n) is 5.94. The number of halogens is 1. The smallest absolute Gasteiger partial charge is 0.0594 e. The van der Waals surface area contributed by atoms with E-state index >= 15 is 0 Å². The molecule has 0 aliphatic carbocycles. The van der Waals surface area contributed by atoms with Crippen LogP contribution in [0.15, 0.2) is 18.2 Å². The van der Waals surface area contributed by atoms with Crippen LogP contribution in [0.1, 0.15) is 24.5 Å². The molecule has 0 amide bonds. The molecule has 4 heteroatoms. The minimum absolute atomic E-state index is 0.675. The number of nitrogens with zero attached hydrogens (tertiary/aromatic N) is 2. The van der Waals surface area contributed by atoms with Gasteiger partial charge >= 0.3 is 0 Å². The number of hydrogen-bond acceptors (Lipinski definition) is 3. The quantitative estimate of drug-likeness (QED) is 0.682.